The molecule has 0 saturated heterocycles. The zero-order valence-electron chi connectivity index (χ0n) is 11.3. The summed E-state index contributed by atoms with van der Waals surface area (Å²) in [5, 5.41) is 12.2. The third-order valence-electron chi connectivity index (χ3n) is 2.46. The van der Waals surface area contributed by atoms with E-state index in [-0.39, 0.29) is 18.6 Å². The number of hydrogen-bond donors (Lipinski definition) is 2. The van der Waals surface area contributed by atoms with Gasteiger partial charge >= 0.3 is 12.0 Å². The van der Waals surface area contributed by atoms with E-state index in [2.05, 4.69) is 20.3 Å². The molecular formula is C13H16N4O3. The van der Waals surface area contributed by atoms with Gasteiger partial charge in [0.2, 0.25) is 5.95 Å². The first kappa shape index (κ1) is 14.0. The second-order valence-electron chi connectivity index (χ2n) is 3.83. The monoisotopic (exact) mass is 276 g/mol. The summed E-state index contributed by atoms with van der Waals surface area (Å²) >= 11 is 0. The highest BCUT2D eigenvalue weighted by molar-refractivity contribution is 5.35. The molecular weight excluding hydrogens is 260 g/mol. The molecule has 106 valence electrons. The van der Waals surface area contributed by atoms with Crippen molar-refractivity contribution in [2.75, 3.05) is 19.0 Å². The van der Waals surface area contributed by atoms with Crippen LogP contribution in [0.15, 0.2) is 24.3 Å². The molecule has 2 rings (SSSR count). The number of para-hydroxylation sites is 1. The number of aromatic nitrogens is 3. The van der Waals surface area contributed by atoms with Gasteiger partial charge in [-0.25, -0.2) is 0 Å². The number of nitrogens with zero attached hydrogens (tertiary/aromatic N) is 3. The Labute approximate surface area is 116 Å². The molecule has 7 nitrogen and oxygen atoms in total. The molecule has 0 spiro atoms. The van der Waals surface area contributed by atoms with Crippen LogP contribution in [0.3, 0.4) is 0 Å². The Morgan fingerprint density at radius 2 is 1.90 bits per heavy atom. The minimum absolute atomic E-state index is 0.105. The van der Waals surface area contributed by atoms with Gasteiger partial charge in [-0.3, -0.25) is 0 Å². The lowest BCUT2D eigenvalue weighted by molar-refractivity contribution is 0.275. The summed E-state index contributed by atoms with van der Waals surface area (Å²) in [4.78, 5) is 12.2. The van der Waals surface area contributed by atoms with E-state index in [1.54, 1.807) is 18.2 Å². The first-order chi connectivity index (χ1) is 9.76. The van der Waals surface area contributed by atoms with Crippen LogP contribution in [0.2, 0.25) is 0 Å². The van der Waals surface area contributed by atoms with Crippen LogP contribution in [0.25, 0.3) is 0 Å². The molecule has 1 aromatic carbocycles. The number of ether oxygens (including phenoxy) is 2. The number of benzene rings is 1. The van der Waals surface area contributed by atoms with E-state index in [9.17, 15) is 5.11 Å². The number of aliphatic hydroxyl groups is 1. The van der Waals surface area contributed by atoms with E-state index in [1.165, 1.54) is 7.11 Å². The Bertz CT molecular complexity index is 577. The molecule has 0 aliphatic heterocycles. The summed E-state index contributed by atoms with van der Waals surface area (Å²) in [5.74, 6) is 0.863. The third kappa shape index (κ3) is 3.33. The molecule has 2 N–H and O–H groups in total. The molecule has 0 atom stereocenters. The summed E-state index contributed by atoms with van der Waals surface area (Å²) in [5.41, 5.74) is 0.650. The average molecular weight is 276 g/mol. The van der Waals surface area contributed by atoms with E-state index in [1.807, 2.05) is 13.0 Å². The van der Waals surface area contributed by atoms with Crippen molar-refractivity contribution in [1.82, 2.24) is 15.0 Å². The standard InChI is InChI=1S/C13H16N4O3/c1-3-14-11-15-12(19-2)17-13(16-11)20-10-7-5-4-6-9(10)8-18/h4-7,18H,3,8H2,1-2H3,(H,14,15,16,17). The van der Waals surface area contributed by atoms with Crippen molar-refractivity contribution in [1.29, 1.82) is 0 Å². The SMILES string of the molecule is CCNc1nc(OC)nc(Oc2ccccc2CO)n1. The third-order valence-corrected chi connectivity index (χ3v) is 2.46. The molecule has 7 heteroatoms. The number of hydrogen-bond acceptors (Lipinski definition) is 7. The molecule has 0 aliphatic rings. The maximum absolute atomic E-state index is 9.27. The highest BCUT2D eigenvalue weighted by Gasteiger charge is 2.10. The number of nitrogens with one attached hydrogen (secondary N) is 1. The lowest BCUT2D eigenvalue weighted by atomic mass is 10.2. The van der Waals surface area contributed by atoms with Crippen LogP contribution in [0.4, 0.5) is 5.95 Å². The highest BCUT2D eigenvalue weighted by Crippen LogP contribution is 2.24. The van der Waals surface area contributed by atoms with Gasteiger partial charge in [0.25, 0.3) is 0 Å². The van der Waals surface area contributed by atoms with Crippen molar-refractivity contribution in [2.24, 2.45) is 0 Å². The first-order valence-corrected chi connectivity index (χ1v) is 6.17. The summed E-state index contributed by atoms with van der Waals surface area (Å²) in [6.45, 7) is 2.47. The molecule has 0 radical (unpaired) electrons. The van der Waals surface area contributed by atoms with Gasteiger partial charge in [0, 0.05) is 12.1 Å². The van der Waals surface area contributed by atoms with Gasteiger partial charge in [0.1, 0.15) is 5.75 Å². The largest absolute Gasteiger partial charge is 0.467 e. The average Bonchev–Trinajstić information content (AvgIpc) is 2.48. The summed E-state index contributed by atoms with van der Waals surface area (Å²) in [6.07, 6.45) is 0. The number of anilines is 1. The fourth-order valence-corrected chi connectivity index (χ4v) is 1.54. The molecule has 0 fully saturated rings. The molecule has 0 aliphatic carbocycles. The predicted octanol–water partition coefficient (Wildman–Crippen LogP) is 1.60. The molecule has 2 aromatic rings. The van der Waals surface area contributed by atoms with E-state index < -0.39 is 0 Å². The van der Waals surface area contributed by atoms with E-state index >= 15 is 0 Å². The molecule has 1 heterocycles. The molecule has 0 amide bonds. The molecule has 0 bridgehead atoms. The smallest absolute Gasteiger partial charge is 0.330 e. The van der Waals surface area contributed by atoms with Crippen molar-refractivity contribution in [3.8, 4) is 17.8 Å². The first-order valence-electron chi connectivity index (χ1n) is 6.17. The fourth-order valence-electron chi connectivity index (χ4n) is 1.54. The minimum atomic E-state index is -0.127. The number of rotatable bonds is 6. The van der Waals surface area contributed by atoms with Crippen LogP contribution < -0.4 is 14.8 Å². The highest BCUT2D eigenvalue weighted by atomic mass is 16.5. The second-order valence-corrected chi connectivity index (χ2v) is 3.83. The maximum atomic E-state index is 9.27. The van der Waals surface area contributed by atoms with Crippen LogP contribution in [0.1, 0.15) is 12.5 Å². The normalized spacial score (nSPS) is 10.2. The second kappa shape index (κ2) is 6.67. The van der Waals surface area contributed by atoms with Gasteiger partial charge < -0.3 is 19.9 Å². The lowest BCUT2D eigenvalue weighted by Gasteiger charge is -2.09. The number of aliphatic hydroxyl groups excluding tert-OH is 1. The lowest BCUT2D eigenvalue weighted by Crippen LogP contribution is -2.06. The van der Waals surface area contributed by atoms with Crippen LogP contribution in [-0.2, 0) is 6.61 Å². The zero-order valence-corrected chi connectivity index (χ0v) is 11.3. The zero-order chi connectivity index (χ0) is 14.4. The predicted molar refractivity (Wildman–Crippen MR) is 73.0 cm³/mol. The Morgan fingerprint density at radius 3 is 2.60 bits per heavy atom. The minimum Gasteiger partial charge on any atom is -0.467 e. The van der Waals surface area contributed by atoms with Crippen LogP contribution in [0, 0.1) is 0 Å². The van der Waals surface area contributed by atoms with Gasteiger partial charge in [-0.05, 0) is 13.0 Å². The summed E-state index contributed by atoms with van der Waals surface area (Å²) in [6, 6.07) is 7.38. The molecule has 0 saturated carbocycles. The Morgan fingerprint density at radius 1 is 1.15 bits per heavy atom. The maximum Gasteiger partial charge on any atom is 0.330 e. The molecule has 0 unspecified atom stereocenters. The topological polar surface area (TPSA) is 89.4 Å². The van der Waals surface area contributed by atoms with Crippen molar-refractivity contribution in [2.45, 2.75) is 13.5 Å². The molecule has 20 heavy (non-hydrogen) atoms. The fraction of sp³-hybridized carbons (Fsp3) is 0.308. The van der Waals surface area contributed by atoms with Crippen molar-refractivity contribution >= 4 is 5.95 Å². The van der Waals surface area contributed by atoms with Gasteiger partial charge in [-0.2, -0.15) is 9.97 Å². The van der Waals surface area contributed by atoms with E-state index in [0.29, 0.717) is 23.8 Å². The van der Waals surface area contributed by atoms with E-state index in [0.717, 1.165) is 0 Å². The Balaban J connectivity index is 2.30. The molecule has 1 aromatic heterocycles. The Hall–Kier alpha value is -2.41. The van der Waals surface area contributed by atoms with Gasteiger partial charge in [-0.1, -0.05) is 18.2 Å². The van der Waals surface area contributed by atoms with Crippen LogP contribution in [0.5, 0.6) is 17.8 Å². The summed E-state index contributed by atoms with van der Waals surface area (Å²) < 4.78 is 10.6. The van der Waals surface area contributed by atoms with Gasteiger partial charge in [0.05, 0.1) is 13.7 Å². The van der Waals surface area contributed by atoms with Gasteiger partial charge in [-0.15, -0.1) is 4.98 Å². The van der Waals surface area contributed by atoms with Crippen molar-refractivity contribution < 1.29 is 14.6 Å². The van der Waals surface area contributed by atoms with Crippen LogP contribution in [-0.4, -0.2) is 33.7 Å². The van der Waals surface area contributed by atoms with E-state index in [4.69, 9.17) is 9.47 Å². The van der Waals surface area contributed by atoms with Crippen LogP contribution >= 0.6 is 0 Å². The Kier molecular flexibility index (Phi) is 4.67. The van der Waals surface area contributed by atoms with Crippen molar-refractivity contribution in [3.63, 3.8) is 0 Å². The quantitative estimate of drug-likeness (QED) is 0.828. The van der Waals surface area contributed by atoms with Gasteiger partial charge in [0.15, 0.2) is 0 Å². The van der Waals surface area contributed by atoms with Crippen molar-refractivity contribution in [3.05, 3.63) is 29.8 Å². The summed E-state index contributed by atoms with van der Waals surface area (Å²) in [7, 11) is 1.47. The number of methoxy groups -OCH3 is 1.